The van der Waals surface area contributed by atoms with Crippen LogP contribution in [0, 0.1) is 6.92 Å². The predicted molar refractivity (Wildman–Crippen MR) is 62.0 cm³/mol. The van der Waals surface area contributed by atoms with Crippen molar-refractivity contribution in [3.8, 4) is 0 Å². The molecule has 1 N–H and O–H groups in total. The average Bonchev–Trinajstić information content (AvgIpc) is 2.66. The van der Waals surface area contributed by atoms with Gasteiger partial charge in [-0.1, -0.05) is 30.3 Å². The highest BCUT2D eigenvalue weighted by molar-refractivity contribution is 7.09. The summed E-state index contributed by atoms with van der Waals surface area (Å²) in [5, 5.41) is 12.8. The van der Waals surface area contributed by atoms with Gasteiger partial charge in [0, 0.05) is 11.8 Å². The summed E-state index contributed by atoms with van der Waals surface area (Å²) in [6.07, 6.45) is 0.140. The molecule has 1 atom stereocenters. The monoisotopic (exact) mass is 219 g/mol. The van der Waals surface area contributed by atoms with Crippen LogP contribution in [0.4, 0.5) is 0 Å². The molecule has 0 saturated carbocycles. The van der Waals surface area contributed by atoms with Gasteiger partial charge in [-0.05, 0) is 12.5 Å². The van der Waals surface area contributed by atoms with E-state index in [1.807, 2.05) is 42.6 Å². The summed E-state index contributed by atoms with van der Waals surface area (Å²) in [6.45, 7) is 1.95. The van der Waals surface area contributed by atoms with E-state index < -0.39 is 6.10 Å². The van der Waals surface area contributed by atoms with Crippen molar-refractivity contribution >= 4 is 11.3 Å². The fourth-order valence-corrected chi connectivity index (χ4v) is 2.13. The van der Waals surface area contributed by atoms with Crippen molar-refractivity contribution < 1.29 is 5.11 Å². The molecule has 2 aromatic rings. The molecule has 0 fully saturated rings. The van der Waals surface area contributed by atoms with Crippen molar-refractivity contribution in [2.45, 2.75) is 19.4 Å². The number of aromatic nitrogens is 1. The Bertz CT molecular complexity index is 424. The van der Waals surface area contributed by atoms with Crippen molar-refractivity contribution in [2.24, 2.45) is 0 Å². The highest BCUT2D eigenvalue weighted by atomic mass is 32.1. The van der Waals surface area contributed by atoms with Crippen LogP contribution in [0.1, 0.15) is 22.4 Å². The summed E-state index contributed by atoms with van der Waals surface area (Å²) in [6, 6.07) is 9.97. The topological polar surface area (TPSA) is 33.1 Å². The third kappa shape index (κ3) is 2.64. The van der Waals surface area contributed by atoms with E-state index in [0.717, 1.165) is 16.3 Å². The summed E-state index contributed by atoms with van der Waals surface area (Å²) >= 11 is 1.57. The van der Waals surface area contributed by atoms with E-state index in [1.165, 1.54) is 0 Å². The number of benzene rings is 1. The lowest BCUT2D eigenvalue weighted by atomic mass is 10.1. The Morgan fingerprint density at radius 3 is 2.67 bits per heavy atom. The van der Waals surface area contributed by atoms with Gasteiger partial charge in [0.05, 0.1) is 10.7 Å². The number of thiazole rings is 1. The number of aliphatic hydroxyl groups excluding tert-OH is 1. The third-order valence-corrected chi connectivity index (χ3v) is 3.04. The SMILES string of the molecule is Cc1nc(C(O)Cc2ccccc2)cs1. The number of aliphatic hydroxyl groups is 1. The molecule has 0 bridgehead atoms. The maximum atomic E-state index is 9.93. The molecule has 1 unspecified atom stereocenters. The molecular formula is C12H13NOS. The molecule has 0 amide bonds. The van der Waals surface area contributed by atoms with E-state index in [-0.39, 0.29) is 0 Å². The lowest BCUT2D eigenvalue weighted by molar-refractivity contribution is 0.174. The molecule has 1 aromatic carbocycles. The van der Waals surface area contributed by atoms with Gasteiger partial charge in [-0.2, -0.15) is 0 Å². The van der Waals surface area contributed by atoms with E-state index in [2.05, 4.69) is 4.98 Å². The van der Waals surface area contributed by atoms with E-state index >= 15 is 0 Å². The standard InChI is InChI=1S/C12H13NOS/c1-9-13-11(8-15-9)12(14)7-10-5-3-2-4-6-10/h2-6,8,12,14H,7H2,1H3. The summed E-state index contributed by atoms with van der Waals surface area (Å²) < 4.78 is 0. The van der Waals surface area contributed by atoms with Crippen molar-refractivity contribution in [1.29, 1.82) is 0 Å². The molecule has 0 aliphatic rings. The highest BCUT2D eigenvalue weighted by Gasteiger charge is 2.11. The molecule has 15 heavy (non-hydrogen) atoms. The van der Waals surface area contributed by atoms with Crippen LogP contribution in [0.25, 0.3) is 0 Å². The van der Waals surface area contributed by atoms with Crippen LogP contribution in [0.2, 0.25) is 0 Å². The van der Waals surface area contributed by atoms with Crippen molar-refractivity contribution in [1.82, 2.24) is 4.98 Å². The lowest BCUT2D eigenvalue weighted by Gasteiger charge is -2.07. The van der Waals surface area contributed by atoms with Gasteiger partial charge < -0.3 is 5.11 Å². The zero-order valence-electron chi connectivity index (χ0n) is 8.55. The van der Waals surface area contributed by atoms with Gasteiger partial charge in [0.15, 0.2) is 0 Å². The number of aryl methyl sites for hydroxylation is 1. The molecule has 1 heterocycles. The first-order chi connectivity index (χ1) is 7.25. The third-order valence-electron chi connectivity index (χ3n) is 2.25. The van der Waals surface area contributed by atoms with Gasteiger partial charge in [-0.25, -0.2) is 4.98 Å². The van der Waals surface area contributed by atoms with Crippen LogP contribution in [0.3, 0.4) is 0 Å². The molecule has 2 nitrogen and oxygen atoms in total. The van der Waals surface area contributed by atoms with Gasteiger partial charge in [0.25, 0.3) is 0 Å². The zero-order valence-corrected chi connectivity index (χ0v) is 9.37. The van der Waals surface area contributed by atoms with Gasteiger partial charge >= 0.3 is 0 Å². The smallest absolute Gasteiger partial charge is 0.101 e. The second kappa shape index (κ2) is 4.55. The van der Waals surface area contributed by atoms with Crippen LogP contribution >= 0.6 is 11.3 Å². The van der Waals surface area contributed by atoms with Crippen LogP contribution in [-0.2, 0) is 6.42 Å². The van der Waals surface area contributed by atoms with E-state index in [1.54, 1.807) is 11.3 Å². The van der Waals surface area contributed by atoms with Crippen molar-refractivity contribution in [3.05, 3.63) is 52.0 Å². The minimum absolute atomic E-state index is 0.489. The van der Waals surface area contributed by atoms with Crippen LogP contribution in [-0.4, -0.2) is 10.1 Å². The first kappa shape index (κ1) is 10.3. The highest BCUT2D eigenvalue weighted by Crippen LogP contribution is 2.19. The Labute approximate surface area is 93.2 Å². The molecule has 0 aliphatic heterocycles. The maximum absolute atomic E-state index is 9.93. The molecule has 0 aliphatic carbocycles. The first-order valence-corrected chi connectivity index (χ1v) is 5.77. The van der Waals surface area contributed by atoms with Crippen LogP contribution in [0.5, 0.6) is 0 Å². The summed E-state index contributed by atoms with van der Waals surface area (Å²) in [5.41, 5.74) is 1.91. The average molecular weight is 219 g/mol. The van der Waals surface area contributed by atoms with Crippen LogP contribution < -0.4 is 0 Å². The number of nitrogens with zero attached hydrogens (tertiary/aromatic N) is 1. The van der Waals surface area contributed by atoms with Crippen LogP contribution in [0.15, 0.2) is 35.7 Å². The van der Waals surface area contributed by atoms with E-state index in [4.69, 9.17) is 0 Å². The zero-order chi connectivity index (χ0) is 10.7. The molecule has 0 radical (unpaired) electrons. The van der Waals surface area contributed by atoms with Crippen molar-refractivity contribution in [2.75, 3.05) is 0 Å². The largest absolute Gasteiger partial charge is 0.386 e. The minimum Gasteiger partial charge on any atom is -0.386 e. The second-order valence-corrected chi connectivity index (χ2v) is 4.56. The molecule has 0 spiro atoms. The predicted octanol–water partition coefficient (Wildman–Crippen LogP) is 2.73. The molecule has 1 aromatic heterocycles. The first-order valence-electron chi connectivity index (χ1n) is 4.90. The molecule has 3 heteroatoms. The second-order valence-electron chi connectivity index (χ2n) is 3.50. The summed E-state index contributed by atoms with van der Waals surface area (Å²) in [5.74, 6) is 0. The Morgan fingerprint density at radius 1 is 1.33 bits per heavy atom. The molecular weight excluding hydrogens is 206 g/mol. The van der Waals surface area contributed by atoms with Gasteiger partial charge in [0.1, 0.15) is 6.10 Å². The molecule has 2 rings (SSSR count). The fourth-order valence-electron chi connectivity index (χ4n) is 1.48. The molecule has 0 saturated heterocycles. The quantitative estimate of drug-likeness (QED) is 0.861. The lowest BCUT2D eigenvalue weighted by Crippen LogP contribution is -2.01. The van der Waals surface area contributed by atoms with E-state index in [0.29, 0.717) is 6.42 Å². The Hall–Kier alpha value is -1.19. The summed E-state index contributed by atoms with van der Waals surface area (Å²) in [4.78, 5) is 4.28. The number of hydrogen-bond acceptors (Lipinski definition) is 3. The Morgan fingerprint density at radius 2 is 2.07 bits per heavy atom. The Kier molecular flexibility index (Phi) is 3.14. The number of hydrogen-bond donors (Lipinski definition) is 1. The van der Waals surface area contributed by atoms with Gasteiger partial charge in [-0.3, -0.25) is 0 Å². The fraction of sp³-hybridized carbons (Fsp3) is 0.250. The maximum Gasteiger partial charge on any atom is 0.101 e. The Balaban J connectivity index is 2.07. The number of rotatable bonds is 3. The molecule has 78 valence electrons. The van der Waals surface area contributed by atoms with Gasteiger partial charge in [0.2, 0.25) is 0 Å². The minimum atomic E-state index is -0.489. The normalized spacial score (nSPS) is 12.7. The van der Waals surface area contributed by atoms with Gasteiger partial charge in [-0.15, -0.1) is 11.3 Å². The summed E-state index contributed by atoms with van der Waals surface area (Å²) in [7, 11) is 0. The van der Waals surface area contributed by atoms with Crippen molar-refractivity contribution in [3.63, 3.8) is 0 Å². The van der Waals surface area contributed by atoms with E-state index in [9.17, 15) is 5.11 Å².